The molecule has 3 rings (SSSR count). The highest BCUT2D eigenvalue weighted by molar-refractivity contribution is 6.04. The first-order valence-electron chi connectivity index (χ1n) is 4.71. The second-order valence-electron chi connectivity index (χ2n) is 3.77. The fourth-order valence-corrected chi connectivity index (χ4v) is 1.91. The average molecular weight is 190 g/mol. The Hall–Kier alpha value is -1.65. The summed E-state index contributed by atoms with van der Waals surface area (Å²) < 4.78 is 0. The Morgan fingerprint density at radius 1 is 1.21 bits per heavy atom. The number of carbonyl (C=O) groups excluding carboxylic acids is 1. The number of rotatable bonds is 0. The number of fused-ring (bicyclic) bond motifs is 1. The van der Waals surface area contributed by atoms with Gasteiger partial charge in [0, 0.05) is 12.4 Å². The van der Waals surface area contributed by atoms with Crippen LogP contribution in [0.15, 0.2) is 12.4 Å². The molecule has 0 unspecified atom stereocenters. The van der Waals surface area contributed by atoms with Crippen LogP contribution in [0, 0.1) is 0 Å². The summed E-state index contributed by atoms with van der Waals surface area (Å²) in [6.45, 7) is 0. The molecule has 14 heavy (non-hydrogen) atoms. The molecule has 0 radical (unpaired) electrons. The number of nitrogens with one attached hydrogen (secondary N) is 2. The first kappa shape index (κ1) is 7.73. The van der Waals surface area contributed by atoms with Gasteiger partial charge in [-0.25, -0.2) is 9.97 Å². The van der Waals surface area contributed by atoms with Gasteiger partial charge in [0.25, 0.3) is 5.91 Å². The smallest absolute Gasteiger partial charge is 0.251 e. The highest BCUT2D eigenvalue weighted by Crippen LogP contribution is 2.39. The highest BCUT2D eigenvalue weighted by Gasteiger charge is 2.47. The molecule has 2 N–H and O–H groups in total. The van der Waals surface area contributed by atoms with Crippen LogP contribution in [0.25, 0.3) is 0 Å². The van der Waals surface area contributed by atoms with E-state index in [1.54, 1.807) is 12.4 Å². The molecule has 1 aliphatic carbocycles. The molecule has 0 bridgehead atoms. The van der Waals surface area contributed by atoms with Gasteiger partial charge in [-0.15, -0.1) is 0 Å². The fourth-order valence-electron chi connectivity index (χ4n) is 1.91. The summed E-state index contributed by atoms with van der Waals surface area (Å²) in [6.07, 6.45) is 6.05. The predicted molar refractivity (Wildman–Crippen MR) is 50.9 cm³/mol. The first-order valence-corrected chi connectivity index (χ1v) is 4.71. The van der Waals surface area contributed by atoms with Gasteiger partial charge in [-0.3, -0.25) is 4.79 Å². The van der Waals surface area contributed by atoms with Crippen molar-refractivity contribution in [3.63, 3.8) is 0 Å². The standard InChI is InChI=1S/C9H10N4O/c14-8-9(2-1-3-9)13-7-6(12-8)10-4-5-11-7/h4-5H,1-3H2,(H,11,13)(H,10,12,14). The first-order chi connectivity index (χ1) is 6.80. The molecule has 0 saturated heterocycles. The molecule has 1 aliphatic heterocycles. The molecule has 2 heterocycles. The summed E-state index contributed by atoms with van der Waals surface area (Å²) in [6, 6.07) is 0. The monoisotopic (exact) mass is 190 g/mol. The lowest BCUT2D eigenvalue weighted by molar-refractivity contribution is -0.123. The van der Waals surface area contributed by atoms with E-state index >= 15 is 0 Å². The number of hydrogen-bond donors (Lipinski definition) is 2. The van der Waals surface area contributed by atoms with E-state index in [1.807, 2.05) is 0 Å². The van der Waals surface area contributed by atoms with Crippen molar-refractivity contribution >= 4 is 17.5 Å². The Morgan fingerprint density at radius 2 is 1.93 bits per heavy atom. The molecule has 1 fully saturated rings. The Labute approximate surface area is 80.9 Å². The Kier molecular flexibility index (Phi) is 1.34. The van der Waals surface area contributed by atoms with Crippen LogP contribution < -0.4 is 10.6 Å². The van der Waals surface area contributed by atoms with E-state index in [1.165, 1.54) is 0 Å². The van der Waals surface area contributed by atoms with Gasteiger partial charge < -0.3 is 10.6 Å². The Balaban J connectivity index is 2.03. The molecule has 1 aromatic heterocycles. The average Bonchev–Trinajstić information content (AvgIpc) is 2.14. The van der Waals surface area contributed by atoms with Crippen LogP contribution in [-0.4, -0.2) is 21.4 Å². The summed E-state index contributed by atoms with van der Waals surface area (Å²) in [7, 11) is 0. The van der Waals surface area contributed by atoms with Crippen LogP contribution in [0.3, 0.4) is 0 Å². The summed E-state index contributed by atoms with van der Waals surface area (Å²) in [5.41, 5.74) is -0.400. The van der Waals surface area contributed by atoms with Crippen LogP contribution in [0.4, 0.5) is 11.6 Å². The van der Waals surface area contributed by atoms with Crippen LogP contribution in [0.5, 0.6) is 0 Å². The van der Waals surface area contributed by atoms with Gasteiger partial charge in [0.05, 0.1) is 0 Å². The lowest BCUT2D eigenvalue weighted by Gasteiger charge is -2.43. The largest absolute Gasteiger partial charge is 0.353 e. The van der Waals surface area contributed by atoms with Crippen molar-refractivity contribution in [1.29, 1.82) is 0 Å². The zero-order valence-electron chi connectivity index (χ0n) is 7.58. The van der Waals surface area contributed by atoms with E-state index in [2.05, 4.69) is 20.6 Å². The van der Waals surface area contributed by atoms with Crippen molar-refractivity contribution in [2.24, 2.45) is 0 Å². The molecule has 5 nitrogen and oxygen atoms in total. The molecule has 0 atom stereocenters. The summed E-state index contributed by atoms with van der Waals surface area (Å²) in [4.78, 5) is 19.9. The third-order valence-corrected chi connectivity index (χ3v) is 2.93. The molecule has 1 spiro atoms. The van der Waals surface area contributed by atoms with E-state index in [9.17, 15) is 4.79 Å². The zero-order valence-corrected chi connectivity index (χ0v) is 7.58. The maximum Gasteiger partial charge on any atom is 0.251 e. The van der Waals surface area contributed by atoms with E-state index < -0.39 is 5.54 Å². The van der Waals surface area contributed by atoms with Crippen LogP contribution >= 0.6 is 0 Å². The summed E-state index contributed by atoms with van der Waals surface area (Å²) in [5, 5.41) is 5.95. The van der Waals surface area contributed by atoms with Gasteiger partial charge in [-0.2, -0.15) is 0 Å². The second kappa shape index (κ2) is 2.43. The highest BCUT2D eigenvalue weighted by atomic mass is 16.2. The summed E-state index contributed by atoms with van der Waals surface area (Å²) in [5.74, 6) is 1.25. The number of nitrogens with zero attached hydrogens (tertiary/aromatic N) is 2. The maximum atomic E-state index is 11.7. The summed E-state index contributed by atoms with van der Waals surface area (Å²) >= 11 is 0. The number of aromatic nitrogens is 2. The number of amides is 1. The van der Waals surface area contributed by atoms with E-state index in [0.717, 1.165) is 19.3 Å². The SMILES string of the molecule is O=C1Nc2nccnc2NC12CCC2. The minimum absolute atomic E-state index is 0.0248. The lowest BCUT2D eigenvalue weighted by atomic mass is 9.75. The molecule has 2 aliphatic rings. The molecule has 1 aromatic rings. The van der Waals surface area contributed by atoms with Gasteiger partial charge >= 0.3 is 0 Å². The van der Waals surface area contributed by atoms with Crippen LogP contribution in [0.1, 0.15) is 19.3 Å². The minimum atomic E-state index is -0.400. The van der Waals surface area contributed by atoms with Crippen molar-refractivity contribution in [2.45, 2.75) is 24.8 Å². The quantitative estimate of drug-likeness (QED) is 0.634. The van der Waals surface area contributed by atoms with Crippen LogP contribution in [-0.2, 0) is 4.79 Å². The number of anilines is 2. The third kappa shape index (κ3) is 0.865. The molecule has 5 heteroatoms. The van der Waals surface area contributed by atoms with E-state index in [-0.39, 0.29) is 5.91 Å². The fraction of sp³-hybridized carbons (Fsp3) is 0.444. The third-order valence-electron chi connectivity index (χ3n) is 2.93. The van der Waals surface area contributed by atoms with Crippen molar-refractivity contribution < 1.29 is 4.79 Å². The van der Waals surface area contributed by atoms with Crippen molar-refractivity contribution in [2.75, 3.05) is 10.6 Å². The Morgan fingerprint density at radius 3 is 2.57 bits per heavy atom. The lowest BCUT2D eigenvalue weighted by Crippen LogP contribution is -2.57. The predicted octanol–water partition coefficient (Wildman–Crippen LogP) is 0.763. The van der Waals surface area contributed by atoms with Gasteiger partial charge in [0.2, 0.25) is 0 Å². The maximum absolute atomic E-state index is 11.7. The molecular weight excluding hydrogens is 180 g/mol. The molecule has 72 valence electrons. The van der Waals surface area contributed by atoms with Crippen LogP contribution in [0.2, 0.25) is 0 Å². The number of hydrogen-bond acceptors (Lipinski definition) is 4. The van der Waals surface area contributed by atoms with E-state index in [0.29, 0.717) is 11.6 Å². The molecular formula is C9H10N4O. The normalized spacial score (nSPS) is 21.9. The molecule has 1 saturated carbocycles. The van der Waals surface area contributed by atoms with Gasteiger partial charge in [0.15, 0.2) is 11.6 Å². The van der Waals surface area contributed by atoms with Gasteiger partial charge in [-0.05, 0) is 19.3 Å². The van der Waals surface area contributed by atoms with Gasteiger partial charge in [-0.1, -0.05) is 0 Å². The second-order valence-corrected chi connectivity index (χ2v) is 3.77. The molecule has 0 aromatic carbocycles. The molecule has 1 amide bonds. The van der Waals surface area contributed by atoms with Crippen molar-refractivity contribution in [3.05, 3.63) is 12.4 Å². The van der Waals surface area contributed by atoms with E-state index in [4.69, 9.17) is 0 Å². The topological polar surface area (TPSA) is 66.9 Å². The zero-order chi connectivity index (χ0) is 9.60. The van der Waals surface area contributed by atoms with Gasteiger partial charge in [0.1, 0.15) is 5.54 Å². The minimum Gasteiger partial charge on any atom is -0.353 e. The number of carbonyl (C=O) groups is 1. The van der Waals surface area contributed by atoms with Crippen molar-refractivity contribution in [1.82, 2.24) is 9.97 Å². The van der Waals surface area contributed by atoms with Crippen molar-refractivity contribution in [3.8, 4) is 0 Å². The Bertz CT molecular complexity index is 400.